The molecule has 0 spiro atoms. The summed E-state index contributed by atoms with van der Waals surface area (Å²) in [7, 11) is 2.12. The number of halogens is 1. The highest BCUT2D eigenvalue weighted by Crippen LogP contribution is 2.26. The zero-order valence-corrected chi connectivity index (χ0v) is 12.2. The Morgan fingerprint density at radius 2 is 1.82 bits per heavy atom. The SMILES string of the molecule is CNC1CCCCCC1Cc1ccc(Br)cc1. The highest BCUT2D eigenvalue weighted by molar-refractivity contribution is 9.10. The Morgan fingerprint density at radius 1 is 1.12 bits per heavy atom. The molecule has 1 aromatic carbocycles. The Kier molecular flexibility index (Phi) is 5.05. The number of benzene rings is 1. The summed E-state index contributed by atoms with van der Waals surface area (Å²) in [4.78, 5) is 0. The van der Waals surface area contributed by atoms with Gasteiger partial charge in [0.15, 0.2) is 0 Å². The molecule has 2 atom stereocenters. The summed E-state index contributed by atoms with van der Waals surface area (Å²) in [6.45, 7) is 0. The van der Waals surface area contributed by atoms with Crippen molar-refractivity contribution in [3.63, 3.8) is 0 Å². The summed E-state index contributed by atoms with van der Waals surface area (Å²) in [5.41, 5.74) is 1.47. The van der Waals surface area contributed by atoms with Crippen LogP contribution in [0.15, 0.2) is 28.7 Å². The monoisotopic (exact) mass is 295 g/mol. The van der Waals surface area contributed by atoms with Crippen LogP contribution in [0.25, 0.3) is 0 Å². The van der Waals surface area contributed by atoms with E-state index in [0.29, 0.717) is 6.04 Å². The van der Waals surface area contributed by atoms with Crippen LogP contribution in [-0.4, -0.2) is 13.1 Å². The first-order chi connectivity index (χ1) is 8.29. The molecule has 0 amide bonds. The van der Waals surface area contributed by atoms with Gasteiger partial charge in [-0.05, 0) is 49.9 Å². The van der Waals surface area contributed by atoms with E-state index in [4.69, 9.17) is 0 Å². The standard InChI is InChI=1S/C15H22BrN/c1-17-15-6-4-2-3-5-13(15)11-12-7-9-14(16)10-8-12/h7-10,13,15,17H,2-6,11H2,1H3. The molecule has 0 bridgehead atoms. The summed E-state index contributed by atoms with van der Waals surface area (Å²) in [6, 6.07) is 9.52. The molecule has 94 valence electrons. The normalized spacial score (nSPS) is 25.5. The van der Waals surface area contributed by atoms with Crippen molar-refractivity contribution in [2.45, 2.75) is 44.6 Å². The highest BCUT2D eigenvalue weighted by Gasteiger charge is 2.22. The summed E-state index contributed by atoms with van der Waals surface area (Å²) in [6.07, 6.45) is 8.15. The molecule has 0 aliphatic heterocycles. The van der Waals surface area contributed by atoms with Crippen molar-refractivity contribution >= 4 is 15.9 Å². The predicted octanol–water partition coefficient (Wildman–Crippen LogP) is 4.16. The molecule has 17 heavy (non-hydrogen) atoms. The van der Waals surface area contributed by atoms with Crippen LogP contribution in [0, 0.1) is 5.92 Å². The minimum atomic E-state index is 0.709. The summed E-state index contributed by atoms with van der Waals surface area (Å²) < 4.78 is 1.17. The lowest BCUT2D eigenvalue weighted by Crippen LogP contribution is -2.33. The average Bonchev–Trinajstić information content (AvgIpc) is 2.57. The largest absolute Gasteiger partial charge is 0.317 e. The molecule has 1 N–H and O–H groups in total. The number of rotatable bonds is 3. The summed E-state index contributed by atoms with van der Waals surface area (Å²) >= 11 is 3.50. The van der Waals surface area contributed by atoms with Crippen molar-refractivity contribution in [1.82, 2.24) is 5.32 Å². The Morgan fingerprint density at radius 3 is 2.53 bits per heavy atom. The minimum absolute atomic E-state index is 0.709. The van der Waals surface area contributed by atoms with Gasteiger partial charge in [0.2, 0.25) is 0 Å². The van der Waals surface area contributed by atoms with Gasteiger partial charge in [-0.3, -0.25) is 0 Å². The molecular weight excluding hydrogens is 274 g/mol. The number of hydrogen-bond acceptors (Lipinski definition) is 1. The van der Waals surface area contributed by atoms with E-state index in [-0.39, 0.29) is 0 Å². The maximum absolute atomic E-state index is 3.52. The van der Waals surface area contributed by atoms with Gasteiger partial charge in [-0.25, -0.2) is 0 Å². The molecular formula is C15H22BrN. The second-order valence-electron chi connectivity index (χ2n) is 5.12. The van der Waals surface area contributed by atoms with Gasteiger partial charge in [-0.1, -0.05) is 47.3 Å². The molecule has 1 aliphatic rings. The molecule has 0 radical (unpaired) electrons. The molecule has 0 aromatic heterocycles. The van der Waals surface area contributed by atoms with E-state index in [1.165, 1.54) is 48.6 Å². The zero-order valence-electron chi connectivity index (χ0n) is 10.6. The summed E-state index contributed by atoms with van der Waals surface area (Å²) in [5, 5.41) is 3.52. The van der Waals surface area contributed by atoms with Gasteiger partial charge in [-0.15, -0.1) is 0 Å². The zero-order chi connectivity index (χ0) is 12.1. The van der Waals surface area contributed by atoms with Crippen LogP contribution in [0.2, 0.25) is 0 Å². The lowest BCUT2D eigenvalue weighted by atomic mass is 9.88. The van der Waals surface area contributed by atoms with Crippen molar-refractivity contribution in [2.75, 3.05) is 7.05 Å². The smallest absolute Gasteiger partial charge is 0.0175 e. The van der Waals surface area contributed by atoms with Gasteiger partial charge < -0.3 is 5.32 Å². The first-order valence-electron chi connectivity index (χ1n) is 6.71. The Balaban J connectivity index is 2.01. The third kappa shape index (κ3) is 3.82. The topological polar surface area (TPSA) is 12.0 Å². The van der Waals surface area contributed by atoms with Gasteiger partial charge >= 0.3 is 0 Å². The van der Waals surface area contributed by atoms with E-state index in [0.717, 1.165) is 5.92 Å². The fourth-order valence-electron chi connectivity index (χ4n) is 2.93. The van der Waals surface area contributed by atoms with Crippen LogP contribution >= 0.6 is 15.9 Å². The third-order valence-electron chi connectivity index (χ3n) is 3.94. The molecule has 2 unspecified atom stereocenters. The van der Waals surface area contributed by atoms with Crippen molar-refractivity contribution < 1.29 is 0 Å². The maximum atomic E-state index is 3.52. The lowest BCUT2D eigenvalue weighted by Gasteiger charge is -2.24. The van der Waals surface area contributed by atoms with Crippen LogP contribution in [0.3, 0.4) is 0 Å². The molecule has 1 aromatic rings. The van der Waals surface area contributed by atoms with E-state index < -0.39 is 0 Å². The van der Waals surface area contributed by atoms with Crippen LogP contribution in [0.5, 0.6) is 0 Å². The van der Waals surface area contributed by atoms with E-state index in [1.54, 1.807) is 0 Å². The summed E-state index contributed by atoms with van der Waals surface area (Å²) in [5.74, 6) is 0.809. The van der Waals surface area contributed by atoms with Crippen LogP contribution < -0.4 is 5.32 Å². The molecule has 0 heterocycles. The van der Waals surface area contributed by atoms with Crippen molar-refractivity contribution in [3.05, 3.63) is 34.3 Å². The second-order valence-corrected chi connectivity index (χ2v) is 6.04. The van der Waals surface area contributed by atoms with Crippen LogP contribution in [0.4, 0.5) is 0 Å². The Hall–Kier alpha value is -0.340. The van der Waals surface area contributed by atoms with Gasteiger partial charge in [0.25, 0.3) is 0 Å². The second kappa shape index (κ2) is 6.55. The van der Waals surface area contributed by atoms with E-state index in [9.17, 15) is 0 Å². The molecule has 2 heteroatoms. The third-order valence-corrected chi connectivity index (χ3v) is 4.47. The Bertz CT molecular complexity index is 333. The molecule has 1 aliphatic carbocycles. The molecule has 2 rings (SSSR count). The average molecular weight is 296 g/mol. The quantitative estimate of drug-likeness (QED) is 0.826. The number of hydrogen-bond donors (Lipinski definition) is 1. The number of nitrogens with one attached hydrogen (secondary N) is 1. The molecule has 1 fully saturated rings. The molecule has 0 saturated heterocycles. The first-order valence-corrected chi connectivity index (χ1v) is 7.50. The lowest BCUT2D eigenvalue weighted by molar-refractivity contribution is 0.350. The molecule has 1 saturated carbocycles. The van der Waals surface area contributed by atoms with Gasteiger partial charge in [0, 0.05) is 10.5 Å². The highest BCUT2D eigenvalue weighted by atomic mass is 79.9. The van der Waals surface area contributed by atoms with E-state index in [2.05, 4.69) is 52.6 Å². The van der Waals surface area contributed by atoms with Gasteiger partial charge in [0.1, 0.15) is 0 Å². The van der Waals surface area contributed by atoms with Crippen molar-refractivity contribution in [3.8, 4) is 0 Å². The van der Waals surface area contributed by atoms with E-state index in [1.807, 2.05) is 0 Å². The maximum Gasteiger partial charge on any atom is 0.0175 e. The predicted molar refractivity (Wildman–Crippen MR) is 77.3 cm³/mol. The molecule has 1 nitrogen and oxygen atoms in total. The fraction of sp³-hybridized carbons (Fsp3) is 0.600. The van der Waals surface area contributed by atoms with Crippen molar-refractivity contribution in [2.24, 2.45) is 5.92 Å². The minimum Gasteiger partial charge on any atom is -0.317 e. The van der Waals surface area contributed by atoms with Gasteiger partial charge in [0.05, 0.1) is 0 Å². The van der Waals surface area contributed by atoms with Crippen LogP contribution in [-0.2, 0) is 6.42 Å². The van der Waals surface area contributed by atoms with Gasteiger partial charge in [-0.2, -0.15) is 0 Å². The van der Waals surface area contributed by atoms with E-state index >= 15 is 0 Å². The van der Waals surface area contributed by atoms with Crippen LogP contribution in [0.1, 0.15) is 37.7 Å². The fourth-order valence-corrected chi connectivity index (χ4v) is 3.20. The first kappa shape index (κ1) is 13.1. The van der Waals surface area contributed by atoms with Crippen molar-refractivity contribution in [1.29, 1.82) is 0 Å². The Labute approximate surface area is 113 Å².